The van der Waals surface area contributed by atoms with Crippen molar-refractivity contribution < 1.29 is 4.74 Å². The van der Waals surface area contributed by atoms with Crippen LogP contribution in [0.15, 0.2) is 18.3 Å². The van der Waals surface area contributed by atoms with Crippen LogP contribution >= 0.6 is 0 Å². The van der Waals surface area contributed by atoms with Crippen molar-refractivity contribution in [1.29, 1.82) is 0 Å². The van der Waals surface area contributed by atoms with E-state index < -0.39 is 0 Å². The summed E-state index contributed by atoms with van der Waals surface area (Å²) in [4.78, 5) is 7.20. The third kappa shape index (κ3) is 3.07. The van der Waals surface area contributed by atoms with Crippen LogP contribution in [0.2, 0.25) is 0 Å². The Kier molecular flexibility index (Phi) is 4.27. The first-order valence-electron chi connectivity index (χ1n) is 9.84. The van der Waals surface area contributed by atoms with Crippen LogP contribution in [0.3, 0.4) is 0 Å². The molecule has 8 nitrogen and oxygen atoms in total. The lowest BCUT2D eigenvalue weighted by molar-refractivity contribution is 0.193. The summed E-state index contributed by atoms with van der Waals surface area (Å²) in [5, 5.41) is 13.2. The van der Waals surface area contributed by atoms with E-state index in [-0.39, 0.29) is 0 Å². The molecule has 0 aliphatic carbocycles. The van der Waals surface area contributed by atoms with Gasteiger partial charge in [-0.3, -0.25) is 4.90 Å². The number of ether oxygens (including phenoxy) is 1. The minimum atomic E-state index is 0.380. The Bertz CT molecular complexity index is 939. The molecule has 27 heavy (non-hydrogen) atoms. The molecule has 0 spiro atoms. The van der Waals surface area contributed by atoms with Gasteiger partial charge in [0.15, 0.2) is 11.5 Å². The van der Waals surface area contributed by atoms with E-state index in [1.54, 1.807) is 7.11 Å². The summed E-state index contributed by atoms with van der Waals surface area (Å²) in [5.74, 6) is 3.14. The molecular formula is C19H25N7O. The second kappa shape index (κ2) is 6.92. The van der Waals surface area contributed by atoms with Gasteiger partial charge in [0.2, 0.25) is 5.88 Å². The first kappa shape index (κ1) is 16.7. The molecule has 5 rings (SSSR count). The molecule has 0 saturated carbocycles. The van der Waals surface area contributed by atoms with Crippen molar-refractivity contribution in [2.24, 2.45) is 0 Å². The fourth-order valence-electron chi connectivity index (χ4n) is 4.33. The van der Waals surface area contributed by atoms with E-state index in [1.807, 2.05) is 16.6 Å². The number of methoxy groups -OCH3 is 1. The highest BCUT2D eigenvalue weighted by Crippen LogP contribution is 2.28. The van der Waals surface area contributed by atoms with Gasteiger partial charge in [-0.15, -0.1) is 15.3 Å². The van der Waals surface area contributed by atoms with Gasteiger partial charge in [-0.25, -0.2) is 4.98 Å². The maximum atomic E-state index is 5.25. The van der Waals surface area contributed by atoms with E-state index in [0.717, 1.165) is 50.5 Å². The molecule has 0 bridgehead atoms. The zero-order chi connectivity index (χ0) is 18.2. The maximum Gasteiger partial charge on any atom is 0.231 e. The van der Waals surface area contributed by atoms with E-state index in [4.69, 9.17) is 9.72 Å². The molecule has 0 amide bonds. The minimum Gasteiger partial charge on any atom is -0.480 e. The first-order chi connectivity index (χ1) is 13.3. The van der Waals surface area contributed by atoms with Gasteiger partial charge in [-0.1, -0.05) is 0 Å². The lowest BCUT2D eigenvalue weighted by atomic mass is 9.96. The number of nitrogens with zero attached hydrogens (tertiary/aromatic N) is 7. The SMILES string of the molecule is COc1ccc2nnc(C3CCN(Cc4ncc5n4CCCC5)CC3)n2n1. The molecular weight excluding hydrogens is 342 g/mol. The number of imidazole rings is 1. The van der Waals surface area contributed by atoms with Crippen molar-refractivity contribution in [2.75, 3.05) is 20.2 Å². The summed E-state index contributed by atoms with van der Waals surface area (Å²) >= 11 is 0. The van der Waals surface area contributed by atoms with E-state index in [9.17, 15) is 0 Å². The largest absolute Gasteiger partial charge is 0.480 e. The summed E-state index contributed by atoms with van der Waals surface area (Å²) in [6.07, 6.45) is 7.94. The molecule has 8 heteroatoms. The Morgan fingerprint density at radius 2 is 2.00 bits per heavy atom. The summed E-state index contributed by atoms with van der Waals surface area (Å²) in [6, 6.07) is 3.72. The van der Waals surface area contributed by atoms with Crippen molar-refractivity contribution in [2.45, 2.75) is 51.1 Å². The van der Waals surface area contributed by atoms with Crippen LogP contribution in [-0.2, 0) is 19.5 Å². The van der Waals surface area contributed by atoms with Gasteiger partial charge in [0.25, 0.3) is 0 Å². The molecule has 1 saturated heterocycles. The average molecular weight is 367 g/mol. The summed E-state index contributed by atoms with van der Waals surface area (Å²) in [6.45, 7) is 4.16. The standard InChI is InChI=1S/C19H25N7O/c1-27-18-6-5-16-21-22-19(26(16)23-18)14-7-10-24(11-8-14)13-17-20-12-15-4-2-3-9-25(15)17/h5-6,12,14H,2-4,7-11,13H2,1H3. The Morgan fingerprint density at radius 3 is 2.85 bits per heavy atom. The van der Waals surface area contributed by atoms with Gasteiger partial charge >= 0.3 is 0 Å². The average Bonchev–Trinajstić information content (AvgIpc) is 3.32. The Labute approximate surface area is 158 Å². The van der Waals surface area contributed by atoms with Gasteiger partial charge in [-0.2, -0.15) is 4.52 Å². The van der Waals surface area contributed by atoms with Crippen molar-refractivity contribution in [1.82, 2.24) is 34.3 Å². The number of hydrogen-bond donors (Lipinski definition) is 0. The van der Waals surface area contributed by atoms with Crippen LogP contribution in [0.1, 0.15) is 48.9 Å². The van der Waals surface area contributed by atoms with Crippen LogP contribution in [0.4, 0.5) is 0 Å². The molecule has 0 N–H and O–H groups in total. The molecule has 0 radical (unpaired) electrons. The molecule has 3 aromatic rings. The summed E-state index contributed by atoms with van der Waals surface area (Å²) < 4.78 is 9.52. The molecule has 5 heterocycles. The van der Waals surface area contributed by atoms with Crippen molar-refractivity contribution in [3.8, 4) is 5.88 Å². The third-order valence-electron chi connectivity index (χ3n) is 5.87. The Morgan fingerprint density at radius 1 is 1.11 bits per heavy atom. The quantitative estimate of drug-likeness (QED) is 0.703. The minimum absolute atomic E-state index is 0.380. The topological polar surface area (TPSA) is 73.4 Å². The van der Waals surface area contributed by atoms with Crippen LogP contribution in [0, 0.1) is 0 Å². The molecule has 0 unspecified atom stereocenters. The second-order valence-electron chi connectivity index (χ2n) is 7.53. The first-order valence-corrected chi connectivity index (χ1v) is 9.84. The lowest BCUT2D eigenvalue weighted by Gasteiger charge is -2.31. The monoisotopic (exact) mass is 367 g/mol. The van der Waals surface area contributed by atoms with Gasteiger partial charge in [0.05, 0.1) is 13.7 Å². The highest BCUT2D eigenvalue weighted by atomic mass is 16.5. The van der Waals surface area contributed by atoms with Gasteiger partial charge in [-0.05, 0) is 51.3 Å². The number of aryl methyl sites for hydroxylation is 1. The predicted octanol–water partition coefficient (Wildman–Crippen LogP) is 2.05. The highest BCUT2D eigenvalue weighted by molar-refractivity contribution is 5.38. The molecule has 0 aromatic carbocycles. The van der Waals surface area contributed by atoms with E-state index in [2.05, 4.69) is 31.0 Å². The lowest BCUT2D eigenvalue weighted by Crippen LogP contribution is -2.34. The Hall–Kier alpha value is -2.48. The van der Waals surface area contributed by atoms with E-state index >= 15 is 0 Å². The number of likely N-dealkylation sites (tertiary alicyclic amines) is 1. The predicted molar refractivity (Wildman–Crippen MR) is 99.8 cm³/mol. The number of piperidine rings is 1. The fourth-order valence-corrected chi connectivity index (χ4v) is 4.33. The molecule has 142 valence electrons. The zero-order valence-corrected chi connectivity index (χ0v) is 15.7. The molecule has 2 aliphatic rings. The second-order valence-corrected chi connectivity index (χ2v) is 7.53. The van der Waals surface area contributed by atoms with Gasteiger partial charge < -0.3 is 9.30 Å². The van der Waals surface area contributed by atoms with Crippen LogP contribution < -0.4 is 4.74 Å². The summed E-state index contributed by atoms with van der Waals surface area (Å²) in [5.41, 5.74) is 2.18. The van der Waals surface area contributed by atoms with Gasteiger partial charge in [0, 0.05) is 30.4 Å². The highest BCUT2D eigenvalue weighted by Gasteiger charge is 2.26. The molecule has 0 atom stereocenters. The van der Waals surface area contributed by atoms with Crippen LogP contribution in [-0.4, -0.2) is 54.5 Å². The van der Waals surface area contributed by atoms with Crippen molar-refractivity contribution in [3.05, 3.63) is 35.7 Å². The number of fused-ring (bicyclic) bond motifs is 2. The number of rotatable bonds is 4. The van der Waals surface area contributed by atoms with Crippen LogP contribution in [0.25, 0.3) is 5.65 Å². The third-order valence-corrected chi connectivity index (χ3v) is 5.87. The van der Waals surface area contributed by atoms with Crippen LogP contribution in [0.5, 0.6) is 5.88 Å². The number of aromatic nitrogens is 6. The van der Waals surface area contributed by atoms with Gasteiger partial charge in [0.1, 0.15) is 5.82 Å². The zero-order valence-electron chi connectivity index (χ0n) is 15.7. The van der Waals surface area contributed by atoms with Crippen molar-refractivity contribution in [3.63, 3.8) is 0 Å². The number of hydrogen-bond acceptors (Lipinski definition) is 6. The van der Waals surface area contributed by atoms with Crippen molar-refractivity contribution >= 4 is 5.65 Å². The smallest absolute Gasteiger partial charge is 0.231 e. The molecule has 3 aromatic heterocycles. The Balaban J connectivity index is 1.27. The maximum absolute atomic E-state index is 5.25. The summed E-state index contributed by atoms with van der Waals surface area (Å²) in [7, 11) is 1.63. The molecule has 2 aliphatic heterocycles. The van der Waals surface area contributed by atoms with E-state index in [1.165, 1.54) is 30.8 Å². The normalized spacial score (nSPS) is 18.7. The fraction of sp³-hybridized carbons (Fsp3) is 0.579. The molecule has 1 fully saturated rings. The van der Waals surface area contributed by atoms with E-state index in [0.29, 0.717) is 11.8 Å².